The van der Waals surface area contributed by atoms with E-state index in [4.69, 9.17) is 10.5 Å². The molecule has 1 heterocycles. The lowest BCUT2D eigenvalue weighted by atomic mass is 10.1. The molecule has 2 atom stereocenters. The van der Waals surface area contributed by atoms with Gasteiger partial charge in [-0.2, -0.15) is 0 Å². The number of anilines is 1. The Morgan fingerprint density at radius 3 is 2.53 bits per heavy atom. The normalized spacial score (nSPS) is 14.4. The molecule has 0 fully saturated rings. The van der Waals surface area contributed by atoms with E-state index in [1.807, 2.05) is 25.3 Å². The van der Waals surface area contributed by atoms with Crippen LogP contribution in [0.1, 0.15) is 32.4 Å². The molecule has 1 rings (SSSR count). The number of ether oxygens (including phenoxy) is 1. The third kappa shape index (κ3) is 3.68. The van der Waals surface area contributed by atoms with Crippen molar-refractivity contribution in [2.75, 3.05) is 25.2 Å². The molecular weight excluding hydrogens is 214 g/mol. The molecule has 0 bridgehead atoms. The second-order valence-electron chi connectivity index (χ2n) is 4.33. The van der Waals surface area contributed by atoms with Crippen molar-refractivity contribution in [1.82, 2.24) is 4.98 Å². The fourth-order valence-corrected chi connectivity index (χ4v) is 1.87. The molecule has 0 saturated carbocycles. The van der Waals surface area contributed by atoms with Crippen LogP contribution in [0, 0.1) is 0 Å². The van der Waals surface area contributed by atoms with Gasteiger partial charge in [0.1, 0.15) is 5.82 Å². The number of methoxy groups -OCH3 is 1. The summed E-state index contributed by atoms with van der Waals surface area (Å²) in [4.78, 5) is 6.68. The summed E-state index contributed by atoms with van der Waals surface area (Å²) in [6.45, 7) is 7.82. The summed E-state index contributed by atoms with van der Waals surface area (Å²) in [5.41, 5.74) is 6.87. The Morgan fingerprint density at radius 2 is 2.12 bits per heavy atom. The molecule has 0 aromatic carbocycles. The first kappa shape index (κ1) is 13.9. The number of hydrogen-bond acceptors (Lipinski definition) is 4. The predicted octanol–water partition coefficient (Wildman–Crippen LogP) is 1.96. The van der Waals surface area contributed by atoms with E-state index in [1.165, 1.54) is 0 Å². The van der Waals surface area contributed by atoms with Gasteiger partial charge in [-0.1, -0.05) is 6.07 Å². The van der Waals surface area contributed by atoms with E-state index in [9.17, 15) is 0 Å². The third-order valence-corrected chi connectivity index (χ3v) is 2.87. The Labute approximate surface area is 104 Å². The van der Waals surface area contributed by atoms with Crippen molar-refractivity contribution >= 4 is 5.82 Å². The average Bonchev–Trinajstić information content (AvgIpc) is 2.31. The Bertz CT molecular complexity index is 324. The summed E-state index contributed by atoms with van der Waals surface area (Å²) in [5, 5.41) is 0. The van der Waals surface area contributed by atoms with Gasteiger partial charge in [0, 0.05) is 25.9 Å². The predicted molar refractivity (Wildman–Crippen MR) is 71.2 cm³/mol. The van der Waals surface area contributed by atoms with Gasteiger partial charge in [0.2, 0.25) is 0 Å². The molecule has 0 spiro atoms. The van der Waals surface area contributed by atoms with Crippen LogP contribution in [0.25, 0.3) is 0 Å². The Kier molecular flexibility index (Phi) is 5.38. The molecule has 17 heavy (non-hydrogen) atoms. The molecule has 1 aromatic rings. The van der Waals surface area contributed by atoms with Crippen molar-refractivity contribution in [3.63, 3.8) is 0 Å². The Morgan fingerprint density at radius 1 is 1.41 bits per heavy atom. The summed E-state index contributed by atoms with van der Waals surface area (Å²) in [7, 11) is 1.72. The van der Waals surface area contributed by atoms with E-state index in [1.54, 1.807) is 7.11 Å². The van der Waals surface area contributed by atoms with Crippen LogP contribution in [0.4, 0.5) is 5.82 Å². The van der Waals surface area contributed by atoms with Crippen molar-refractivity contribution in [2.24, 2.45) is 5.73 Å². The van der Waals surface area contributed by atoms with Crippen LogP contribution in [-0.4, -0.2) is 31.3 Å². The zero-order chi connectivity index (χ0) is 12.8. The van der Waals surface area contributed by atoms with Crippen LogP contribution < -0.4 is 10.6 Å². The molecular formula is C13H23N3O. The Hall–Kier alpha value is -1.13. The lowest BCUT2D eigenvalue weighted by Crippen LogP contribution is -2.36. The van der Waals surface area contributed by atoms with Crippen LogP contribution in [0.5, 0.6) is 0 Å². The minimum atomic E-state index is 0.0306. The van der Waals surface area contributed by atoms with Gasteiger partial charge < -0.3 is 15.4 Å². The SMILES string of the molecule is CCN(c1ccc([C@@H](C)N)cn1)C(C)COC. The zero-order valence-electron chi connectivity index (χ0n) is 11.2. The lowest BCUT2D eigenvalue weighted by Gasteiger charge is -2.28. The minimum absolute atomic E-state index is 0.0306. The van der Waals surface area contributed by atoms with Gasteiger partial charge in [-0.25, -0.2) is 4.98 Å². The maximum atomic E-state index is 5.81. The number of pyridine rings is 1. The summed E-state index contributed by atoms with van der Waals surface area (Å²) in [5.74, 6) is 0.974. The molecule has 1 unspecified atom stereocenters. The second-order valence-corrected chi connectivity index (χ2v) is 4.33. The van der Waals surface area contributed by atoms with Gasteiger partial charge in [-0.05, 0) is 32.4 Å². The molecule has 0 radical (unpaired) electrons. The number of aromatic nitrogens is 1. The van der Waals surface area contributed by atoms with E-state index in [0.29, 0.717) is 12.6 Å². The first-order valence-corrected chi connectivity index (χ1v) is 6.07. The summed E-state index contributed by atoms with van der Waals surface area (Å²) >= 11 is 0. The van der Waals surface area contributed by atoms with Crippen LogP contribution in [0.15, 0.2) is 18.3 Å². The van der Waals surface area contributed by atoms with Gasteiger partial charge >= 0.3 is 0 Å². The Balaban J connectivity index is 2.82. The van der Waals surface area contributed by atoms with Crippen LogP contribution in [0.3, 0.4) is 0 Å². The van der Waals surface area contributed by atoms with Crippen molar-refractivity contribution in [2.45, 2.75) is 32.9 Å². The van der Waals surface area contributed by atoms with E-state index in [-0.39, 0.29) is 6.04 Å². The fourth-order valence-electron chi connectivity index (χ4n) is 1.87. The molecule has 0 aliphatic carbocycles. The first-order chi connectivity index (χ1) is 8.10. The van der Waals surface area contributed by atoms with E-state index in [2.05, 4.69) is 23.7 Å². The molecule has 0 aliphatic heterocycles. The zero-order valence-corrected chi connectivity index (χ0v) is 11.2. The van der Waals surface area contributed by atoms with Crippen molar-refractivity contribution in [3.8, 4) is 0 Å². The lowest BCUT2D eigenvalue weighted by molar-refractivity contribution is 0.181. The van der Waals surface area contributed by atoms with Crippen molar-refractivity contribution in [1.29, 1.82) is 0 Å². The van der Waals surface area contributed by atoms with Crippen LogP contribution >= 0.6 is 0 Å². The number of likely N-dealkylation sites (N-methyl/N-ethyl adjacent to an activating group) is 1. The smallest absolute Gasteiger partial charge is 0.128 e. The number of nitrogens with two attached hydrogens (primary N) is 1. The molecule has 0 amide bonds. The molecule has 4 heteroatoms. The largest absolute Gasteiger partial charge is 0.383 e. The van der Waals surface area contributed by atoms with E-state index >= 15 is 0 Å². The number of nitrogens with zero attached hydrogens (tertiary/aromatic N) is 2. The van der Waals surface area contributed by atoms with Crippen LogP contribution in [-0.2, 0) is 4.74 Å². The highest BCUT2D eigenvalue weighted by molar-refractivity contribution is 5.40. The summed E-state index contributed by atoms with van der Waals surface area (Å²) in [6.07, 6.45) is 1.85. The second kappa shape index (κ2) is 6.57. The highest BCUT2D eigenvalue weighted by atomic mass is 16.5. The third-order valence-electron chi connectivity index (χ3n) is 2.87. The highest BCUT2D eigenvalue weighted by Gasteiger charge is 2.13. The van der Waals surface area contributed by atoms with Gasteiger partial charge in [0.05, 0.1) is 12.6 Å². The summed E-state index contributed by atoms with van der Waals surface area (Å²) < 4.78 is 5.18. The van der Waals surface area contributed by atoms with Gasteiger partial charge in [-0.15, -0.1) is 0 Å². The standard InChI is InChI=1S/C13H23N3O/c1-5-16(10(2)9-17-4)13-7-6-12(8-15-13)11(3)14/h6-8,10-11H,5,9,14H2,1-4H3/t10?,11-/m1/s1. The van der Waals surface area contributed by atoms with Gasteiger partial charge in [0.25, 0.3) is 0 Å². The van der Waals surface area contributed by atoms with Crippen LogP contribution in [0.2, 0.25) is 0 Å². The maximum absolute atomic E-state index is 5.81. The van der Waals surface area contributed by atoms with E-state index < -0.39 is 0 Å². The molecule has 4 nitrogen and oxygen atoms in total. The molecule has 2 N–H and O–H groups in total. The van der Waals surface area contributed by atoms with Crippen molar-refractivity contribution in [3.05, 3.63) is 23.9 Å². The quantitative estimate of drug-likeness (QED) is 0.821. The molecule has 0 aliphatic rings. The van der Waals surface area contributed by atoms with E-state index in [0.717, 1.165) is 17.9 Å². The summed E-state index contributed by atoms with van der Waals surface area (Å²) in [6, 6.07) is 4.41. The monoisotopic (exact) mass is 237 g/mol. The van der Waals surface area contributed by atoms with Gasteiger partial charge in [-0.3, -0.25) is 0 Å². The number of hydrogen-bond donors (Lipinski definition) is 1. The highest BCUT2D eigenvalue weighted by Crippen LogP contribution is 2.16. The average molecular weight is 237 g/mol. The first-order valence-electron chi connectivity index (χ1n) is 6.07. The van der Waals surface area contributed by atoms with Gasteiger partial charge in [0.15, 0.2) is 0 Å². The van der Waals surface area contributed by atoms with Crippen molar-refractivity contribution < 1.29 is 4.74 Å². The maximum Gasteiger partial charge on any atom is 0.128 e. The molecule has 1 aromatic heterocycles. The molecule has 96 valence electrons. The minimum Gasteiger partial charge on any atom is -0.383 e. The fraction of sp³-hybridized carbons (Fsp3) is 0.615. The molecule has 0 saturated heterocycles. The number of rotatable bonds is 6. The topological polar surface area (TPSA) is 51.4 Å².